The molecular weight excluding hydrogens is 339 g/mol. The summed E-state index contributed by atoms with van der Waals surface area (Å²) in [6, 6.07) is 4.99. The Morgan fingerprint density at radius 1 is 1.09 bits per heavy atom. The first-order valence-electron chi connectivity index (χ1n) is 7.64. The van der Waals surface area contributed by atoms with Gasteiger partial charge in [0.1, 0.15) is 5.75 Å². The van der Waals surface area contributed by atoms with E-state index in [2.05, 4.69) is 10.6 Å². The predicted octanol–water partition coefficient (Wildman–Crippen LogP) is 3.18. The molecule has 2 N–H and O–H groups in total. The normalized spacial score (nSPS) is 10.2. The van der Waals surface area contributed by atoms with E-state index in [9.17, 15) is 9.59 Å². The largest absolute Gasteiger partial charge is 0.492 e. The molecule has 0 radical (unpaired) electrons. The third kappa shape index (κ3) is 8.67. The Morgan fingerprint density at radius 3 is 2.48 bits per heavy atom. The van der Waals surface area contributed by atoms with Crippen molar-refractivity contribution in [2.24, 2.45) is 0 Å². The summed E-state index contributed by atoms with van der Waals surface area (Å²) in [4.78, 5) is 23.0. The second-order valence-electron chi connectivity index (χ2n) is 4.98. The van der Waals surface area contributed by atoms with Gasteiger partial charge in [0.05, 0.1) is 11.6 Å². The monoisotopic (exact) mass is 360 g/mol. The second kappa shape index (κ2) is 11.1. The molecule has 23 heavy (non-hydrogen) atoms. The van der Waals surface area contributed by atoms with Gasteiger partial charge in [-0.15, -0.1) is 0 Å². The SMILES string of the molecule is CCCNC(=O)CCNC(=O)CCCOc1ccc(Cl)cc1Cl. The van der Waals surface area contributed by atoms with Crippen molar-refractivity contribution < 1.29 is 14.3 Å². The average Bonchev–Trinajstić information content (AvgIpc) is 2.51. The molecular formula is C16H22Cl2N2O3. The van der Waals surface area contributed by atoms with E-state index in [4.69, 9.17) is 27.9 Å². The van der Waals surface area contributed by atoms with Crippen LogP contribution in [0.15, 0.2) is 18.2 Å². The Hall–Kier alpha value is -1.46. The highest BCUT2D eigenvalue weighted by Crippen LogP contribution is 2.27. The lowest BCUT2D eigenvalue weighted by molar-refractivity contribution is -0.122. The fourth-order valence-electron chi connectivity index (χ4n) is 1.76. The number of hydrogen-bond donors (Lipinski definition) is 2. The molecule has 0 aliphatic carbocycles. The maximum absolute atomic E-state index is 11.6. The second-order valence-corrected chi connectivity index (χ2v) is 5.82. The van der Waals surface area contributed by atoms with Crippen LogP contribution in [0.25, 0.3) is 0 Å². The summed E-state index contributed by atoms with van der Waals surface area (Å²) in [5.41, 5.74) is 0. The van der Waals surface area contributed by atoms with Gasteiger partial charge in [0.25, 0.3) is 0 Å². The van der Waals surface area contributed by atoms with Crippen LogP contribution in [0.3, 0.4) is 0 Å². The van der Waals surface area contributed by atoms with E-state index in [-0.39, 0.29) is 11.8 Å². The summed E-state index contributed by atoms with van der Waals surface area (Å²) in [5, 5.41) is 6.45. The predicted molar refractivity (Wildman–Crippen MR) is 92.1 cm³/mol. The van der Waals surface area contributed by atoms with Crippen molar-refractivity contribution in [3.8, 4) is 5.75 Å². The smallest absolute Gasteiger partial charge is 0.221 e. The number of nitrogens with one attached hydrogen (secondary N) is 2. The van der Waals surface area contributed by atoms with Gasteiger partial charge in [-0.3, -0.25) is 9.59 Å². The maximum Gasteiger partial charge on any atom is 0.221 e. The van der Waals surface area contributed by atoms with Crippen molar-refractivity contribution in [3.05, 3.63) is 28.2 Å². The van der Waals surface area contributed by atoms with E-state index in [0.29, 0.717) is 54.8 Å². The molecule has 0 saturated carbocycles. The Morgan fingerprint density at radius 2 is 1.78 bits per heavy atom. The highest BCUT2D eigenvalue weighted by Gasteiger charge is 2.05. The molecule has 0 fully saturated rings. The Bertz CT molecular complexity index is 524. The summed E-state index contributed by atoms with van der Waals surface area (Å²) in [7, 11) is 0. The molecule has 0 aromatic heterocycles. The summed E-state index contributed by atoms with van der Waals surface area (Å²) < 4.78 is 5.49. The molecule has 0 heterocycles. The van der Waals surface area contributed by atoms with Crippen molar-refractivity contribution in [3.63, 3.8) is 0 Å². The van der Waals surface area contributed by atoms with Gasteiger partial charge in [-0.2, -0.15) is 0 Å². The first kappa shape index (κ1) is 19.6. The zero-order chi connectivity index (χ0) is 17.1. The van der Waals surface area contributed by atoms with Crippen molar-refractivity contribution in [2.45, 2.75) is 32.6 Å². The van der Waals surface area contributed by atoms with E-state index < -0.39 is 0 Å². The number of ether oxygens (including phenoxy) is 1. The minimum atomic E-state index is -0.0981. The third-order valence-corrected chi connectivity index (χ3v) is 3.48. The first-order valence-corrected chi connectivity index (χ1v) is 8.39. The van der Waals surface area contributed by atoms with Crippen LogP contribution in [-0.4, -0.2) is 31.5 Å². The van der Waals surface area contributed by atoms with E-state index in [1.54, 1.807) is 18.2 Å². The van der Waals surface area contributed by atoms with Crippen molar-refractivity contribution in [1.82, 2.24) is 10.6 Å². The van der Waals surface area contributed by atoms with Crippen LogP contribution >= 0.6 is 23.2 Å². The van der Waals surface area contributed by atoms with Gasteiger partial charge in [-0.05, 0) is 31.0 Å². The van der Waals surface area contributed by atoms with Crippen LogP contribution in [0.1, 0.15) is 32.6 Å². The van der Waals surface area contributed by atoms with E-state index >= 15 is 0 Å². The van der Waals surface area contributed by atoms with Crippen molar-refractivity contribution >= 4 is 35.0 Å². The van der Waals surface area contributed by atoms with Gasteiger partial charge in [0.15, 0.2) is 0 Å². The molecule has 128 valence electrons. The number of benzene rings is 1. The van der Waals surface area contributed by atoms with Crippen LogP contribution in [0.4, 0.5) is 0 Å². The molecule has 0 saturated heterocycles. The standard InChI is InChI=1S/C16H22Cl2N2O3/c1-2-8-19-16(22)7-9-20-15(21)4-3-10-23-14-6-5-12(17)11-13(14)18/h5-6,11H,2-4,7-10H2,1H3,(H,19,22)(H,20,21). The maximum atomic E-state index is 11.6. The van der Waals surface area contributed by atoms with Crippen LogP contribution in [0, 0.1) is 0 Å². The molecule has 2 amide bonds. The lowest BCUT2D eigenvalue weighted by Gasteiger charge is -2.08. The quantitative estimate of drug-likeness (QED) is 0.629. The summed E-state index contributed by atoms with van der Waals surface area (Å²) >= 11 is 11.8. The molecule has 0 aliphatic rings. The van der Waals surface area contributed by atoms with E-state index in [0.717, 1.165) is 6.42 Å². The zero-order valence-electron chi connectivity index (χ0n) is 13.2. The number of hydrogen-bond acceptors (Lipinski definition) is 3. The summed E-state index contributed by atoms with van der Waals surface area (Å²) in [6.07, 6.45) is 2.09. The van der Waals surface area contributed by atoms with E-state index in [1.165, 1.54) is 0 Å². The molecule has 0 bridgehead atoms. The molecule has 1 rings (SSSR count). The van der Waals surface area contributed by atoms with Crippen LogP contribution in [0.2, 0.25) is 10.0 Å². The Balaban J connectivity index is 2.11. The van der Waals surface area contributed by atoms with Crippen LogP contribution in [-0.2, 0) is 9.59 Å². The fraction of sp³-hybridized carbons (Fsp3) is 0.500. The molecule has 1 aromatic carbocycles. The van der Waals surface area contributed by atoms with Gasteiger partial charge < -0.3 is 15.4 Å². The number of carbonyl (C=O) groups excluding carboxylic acids is 2. The van der Waals surface area contributed by atoms with Crippen molar-refractivity contribution in [2.75, 3.05) is 19.7 Å². The van der Waals surface area contributed by atoms with E-state index in [1.807, 2.05) is 6.92 Å². The average molecular weight is 361 g/mol. The van der Waals surface area contributed by atoms with Crippen LogP contribution in [0.5, 0.6) is 5.75 Å². The number of rotatable bonds is 10. The lowest BCUT2D eigenvalue weighted by Crippen LogP contribution is -2.31. The molecule has 0 unspecified atom stereocenters. The molecule has 0 aliphatic heterocycles. The minimum Gasteiger partial charge on any atom is -0.492 e. The number of carbonyl (C=O) groups is 2. The fourth-order valence-corrected chi connectivity index (χ4v) is 2.23. The highest BCUT2D eigenvalue weighted by molar-refractivity contribution is 6.35. The molecule has 1 aromatic rings. The van der Waals surface area contributed by atoms with Gasteiger partial charge in [-0.25, -0.2) is 0 Å². The number of amides is 2. The van der Waals surface area contributed by atoms with Crippen LogP contribution < -0.4 is 15.4 Å². The molecule has 5 nitrogen and oxygen atoms in total. The summed E-state index contributed by atoms with van der Waals surface area (Å²) in [5.74, 6) is 0.399. The van der Waals surface area contributed by atoms with Gasteiger partial charge in [0, 0.05) is 31.0 Å². The van der Waals surface area contributed by atoms with Gasteiger partial charge >= 0.3 is 0 Å². The van der Waals surface area contributed by atoms with Crippen molar-refractivity contribution in [1.29, 1.82) is 0 Å². The zero-order valence-corrected chi connectivity index (χ0v) is 14.7. The lowest BCUT2D eigenvalue weighted by atomic mass is 10.3. The minimum absolute atomic E-state index is 0.0483. The molecule has 7 heteroatoms. The summed E-state index contributed by atoms with van der Waals surface area (Å²) in [6.45, 7) is 3.38. The van der Waals surface area contributed by atoms with Gasteiger partial charge in [-0.1, -0.05) is 30.1 Å². The number of halogens is 2. The molecule has 0 atom stereocenters. The van der Waals surface area contributed by atoms with Gasteiger partial charge in [0.2, 0.25) is 11.8 Å². The highest BCUT2D eigenvalue weighted by atomic mass is 35.5. The topological polar surface area (TPSA) is 67.4 Å². The molecule has 0 spiro atoms. The first-order chi connectivity index (χ1) is 11.0. The Kier molecular flexibility index (Phi) is 9.48. The third-order valence-electron chi connectivity index (χ3n) is 2.95. The Labute approximate surface area is 146 Å².